The third kappa shape index (κ3) is 3.48. The number of anilines is 1. The zero-order valence-corrected chi connectivity index (χ0v) is 16.7. The SMILES string of the molecule is CCCn1c(=O)c2ccc(Cl)cc2n2c(=O)n(CC(=O)Nc3cccc(F)c3)nc12. The van der Waals surface area contributed by atoms with E-state index < -0.39 is 24.0 Å². The molecule has 0 radical (unpaired) electrons. The van der Waals surface area contributed by atoms with Crippen LogP contribution in [0.15, 0.2) is 52.1 Å². The Morgan fingerprint density at radius 3 is 2.73 bits per heavy atom. The van der Waals surface area contributed by atoms with Gasteiger partial charge in [0.15, 0.2) is 0 Å². The Kier molecular flexibility index (Phi) is 5.13. The highest BCUT2D eigenvalue weighted by Crippen LogP contribution is 2.17. The van der Waals surface area contributed by atoms with Gasteiger partial charge < -0.3 is 5.32 Å². The van der Waals surface area contributed by atoms with Gasteiger partial charge in [-0.1, -0.05) is 24.6 Å². The maximum atomic E-state index is 13.3. The topological polar surface area (TPSA) is 90.4 Å². The average molecular weight is 430 g/mol. The van der Waals surface area contributed by atoms with Crippen molar-refractivity contribution in [2.75, 3.05) is 5.32 Å². The number of aryl methyl sites for hydroxylation is 1. The molecule has 0 unspecified atom stereocenters. The van der Waals surface area contributed by atoms with E-state index in [2.05, 4.69) is 10.4 Å². The molecule has 10 heteroatoms. The summed E-state index contributed by atoms with van der Waals surface area (Å²) in [5, 5.41) is 7.43. The van der Waals surface area contributed by atoms with Crippen molar-refractivity contribution in [3.05, 3.63) is 74.1 Å². The average Bonchev–Trinajstić information content (AvgIpc) is 3.01. The minimum absolute atomic E-state index is 0.125. The van der Waals surface area contributed by atoms with Crippen LogP contribution in [-0.2, 0) is 17.9 Å². The fraction of sp³-hybridized carbons (Fsp3) is 0.200. The molecule has 0 atom stereocenters. The quantitative estimate of drug-likeness (QED) is 0.528. The van der Waals surface area contributed by atoms with Crippen LogP contribution in [0, 0.1) is 5.82 Å². The molecule has 1 amide bonds. The second-order valence-electron chi connectivity index (χ2n) is 6.75. The first-order valence-corrected chi connectivity index (χ1v) is 9.64. The molecule has 4 aromatic rings. The van der Waals surface area contributed by atoms with Crippen LogP contribution in [0.5, 0.6) is 0 Å². The van der Waals surface area contributed by atoms with Crippen LogP contribution in [0.1, 0.15) is 13.3 Å². The summed E-state index contributed by atoms with van der Waals surface area (Å²) in [6.07, 6.45) is 0.649. The largest absolute Gasteiger partial charge is 0.352 e. The van der Waals surface area contributed by atoms with Gasteiger partial charge in [-0.2, -0.15) is 0 Å². The number of fused-ring (bicyclic) bond motifs is 3. The summed E-state index contributed by atoms with van der Waals surface area (Å²) >= 11 is 6.07. The van der Waals surface area contributed by atoms with Crippen molar-refractivity contribution in [1.82, 2.24) is 18.7 Å². The molecule has 0 aliphatic rings. The zero-order chi connectivity index (χ0) is 21.4. The van der Waals surface area contributed by atoms with Crippen LogP contribution in [0.3, 0.4) is 0 Å². The van der Waals surface area contributed by atoms with Gasteiger partial charge in [0.1, 0.15) is 12.4 Å². The second-order valence-corrected chi connectivity index (χ2v) is 7.19. The lowest BCUT2D eigenvalue weighted by atomic mass is 10.2. The van der Waals surface area contributed by atoms with Gasteiger partial charge in [0.2, 0.25) is 11.7 Å². The molecule has 0 aliphatic carbocycles. The molecule has 0 spiro atoms. The first kappa shape index (κ1) is 19.8. The third-order valence-corrected chi connectivity index (χ3v) is 4.82. The van der Waals surface area contributed by atoms with Gasteiger partial charge in [-0.25, -0.2) is 18.3 Å². The molecule has 2 heterocycles. The van der Waals surface area contributed by atoms with Crippen molar-refractivity contribution in [3.63, 3.8) is 0 Å². The fourth-order valence-electron chi connectivity index (χ4n) is 3.32. The fourth-order valence-corrected chi connectivity index (χ4v) is 3.49. The van der Waals surface area contributed by atoms with E-state index in [1.807, 2.05) is 6.92 Å². The molecule has 0 aliphatic heterocycles. The maximum Gasteiger partial charge on any atom is 0.352 e. The number of carbonyl (C=O) groups excluding carboxylic acids is 1. The van der Waals surface area contributed by atoms with Gasteiger partial charge in [0, 0.05) is 17.3 Å². The van der Waals surface area contributed by atoms with Crippen molar-refractivity contribution in [1.29, 1.82) is 0 Å². The molecule has 2 aromatic carbocycles. The lowest BCUT2D eigenvalue weighted by Crippen LogP contribution is -2.29. The Balaban J connectivity index is 1.83. The Bertz CT molecular complexity index is 1410. The van der Waals surface area contributed by atoms with E-state index in [1.54, 1.807) is 12.1 Å². The Hall–Kier alpha value is -3.46. The van der Waals surface area contributed by atoms with Crippen LogP contribution >= 0.6 is 11.6 Å². The molecule has 2 aromatic heterocycles. The highest BCUT2D eigenvalue weighted by Gasteiger charge is 2.18. The van der Waals surface area contributed by atoms with Crippen molar-refractivity contribution in [3.8, 4) is 0 Å². The minimum Gasteiger partial charge on any atom is -0.324 e. The van der Waals surface area contributed by atoms with Gasteiger partial charge in [-0.05, 0) is 42.8 Å². The molecule has 0 fully saturated rings. The van der Waals surface area contributed by atoms with E-state index >= 15 is 0 Å². The number of amides is 1. The summed E-state index contributed by atoms with van der Waals surface area (Å²) < 4.78 is 17.0. The van der Waals surface area contributed by atoms with Crippen LogP contribution in [0.2, 0.25) is 5.02 Å². The Morgan fingerprint density at radius 2 is 2.00 bits per heavy atom. The molecule has 0 bridgehead atoms. The molecular weight excluding hydrogens is 413 g/mol. The van der Waals surface area contributed by atoms with Gasteiger partial charge in [0.25, 0.3) is 5.56 Å². The summed E-state index contributed by atoms with van der Waals surface area (Å²) in [6, 6.07) is 10.1. The predicted molar refractivity (Wildman–Crippen MR) is 112 cm³/mol. The number of rotatable bonds is 5. The van der Waals surface area contributed by atoms with E-state index in [1.165, 1.54) is 39.3 Å². The Labute approximate surface area is 174 Å². The Morgan fingerprint density at radius 1 is 1.20 bits per heavy atom. The van der Waals surface area contributed by atoms with Crippen molar-refractivity contribution < 1.29 is 9.18 Å². The highest BCUT2D eigenvalue weighted by molar-refractivity contribution is 6.31. The zero-order valence-electron chi connectivity index (χ0n) is 15.9. The number of nitrogens with one attached hydrogen (secondary N) is 1. The monoisotopic (exact) mass is 429 g/mol. The first-order chi connectivity index (χ1) is 14.4. The number of benzene rings is 2. The minimum atomic E-state index is -0.587. The van der Waals surface area contributed by atoms with Crippen LogP contribution < -0.4 is 16.6 Å². The summed E-state index contributed by atoms with van der Waals surface area (Å²) in [7, 11) is 0. The van der Waals surface area contributed by atoms with Gasteiger partial charge >= 0.3 is 5.69 Å². The highest BCUT2D eigenvalue weighted by atomic mass is 35.5. The number of aromatic nitrogens is 4. The first-order valence-electron chi connectivity index (χ1n) is 9.26. The molecule has 4 rings (SSSR count). The van der Waals surface area contributed by atoms with Crippen molar-refractivity contribution >= 4 is 39.9 Å². The van der Waals surface area contributed by atoms with Gasteiger partial charge in [-0.15, -0.1) is 5.10 Å². The van der Waals surface area contributed by atoms with Crippen LogP contribution in [0.25, 0.3) is 16.7 Å². The van der Waals surface area contributed by atoms with E-state index in [9.17, 15) is 18.8 Å². The number of hydrogen-bond acceptors (Lipinski definition) is 4. The van der Waals surface area contributed by atoms with Gasteiger partial charge in [-0.3, -0.25) is 14.2 Å². The standard InChI is InChI=1S/C20H17ClFN5O3/c1-2-8-25-18(29)15-7-6-12(21)9-16(15)27-19(25)24-26(20(27)30)11-17(28)23-14-5-3-4-13(22)10-14/h3-7,9-10H,2,8,11H2,1H3,(H,23,28). The van der Waals surface area contributed by atoms with Crippen molar-refractivity contribution in [2.24, 2.45) is 0 Å². The molecule has 1 N–H and O–H groups in total. The van der Waals surface area contributed by atoms with E-state index in [4.69, 9.17) is 11.6 Å². The smallest absolute Gasteiger partial charge is 0.324 e. The van der Waals surface area contributed by atoms with E-state index in [-0.39, 0.29) is 17.0 Å². The lowest BCUT2D eigenvalue weighted by Gasteiger charge is -2.08. The number of hydrogen-bond donors (Lipinski definition) is 1. The number of nitrogens with zero attached hydrogens (tertiary/aromatic N) is 4. The lowest BCUT2D eigenvalue weighted by molar-refractivity contribution is -0.117. The number of carbonyl (C=O) groups is 1. The van der Waals surface area contributed by atoms with Crippen LogP contribution in [0.4, 0.5) is 10.1 Å². The summed E-state index contributed by atoms with van der Waals surface area (Å²) in [5.41, 5.74) is -0.303. The molecule has 0 saturated carbocycles. The van der Waals surface area contributed by atoms with E-state index in [0.29, 0.717) is 28.9 Å². The second kappa shape index (κ2) is 7.75. The molecule has 154 valence electrons. The summed E-state index contributed by atoms with van der Waals surface area (Å²) in [4.78, 5) is 38.3. The normalized spacial score (nSPS) is 11.3. The predicted octanol–water partition coefficient (Wildman–Crippen LogP) is 2.65. The van der Waals surface area contributed by atoms with Crippen LogP contribution in [-0.4, -0.2) is 24.7 Å². The molecular formula is C20H17ClFN5O3. The van der Waals surface area contributed by atoms with Crippen molar-refractivity contribution in [2.45, 2.75) is 26.4 Å². The third-order valence-electron chi connectivity index (χ3n) is 4.59. The number of halogens is 2. The van der Waals surface area contributed by atoms with Gasteiger partial charge in [0.05, 0.1) is 10.9 Å². The maximum absolute atomic E-state index is 13.3. The summed E-state index contributed by atoms with van der Waals surface area (Å²) in [5.74, 6) is -0.928. The summed E-state index contributed by atoms with van der Waals surface area (Å²) in [6.45, 7) is 1.85. The molecule has 8 nitrogen and oxygen atoms in total. The molecule has 0 saturated heterocycles. The van der Waals surface area contributed by atoms with E-state index in [0.717, 1.165) is 4.68 Å². The molecule has 30 heavy (non-hydrogen) atoms.